The first-order valence-electron chi connectivity index (χ1n) is 10.4. The maximum atomic E-state index is 12.5. The van der Waals surface area contributed by atoms with Crippen molar-refractivity contribution in [1.29, 1.82) is 0 Å². The number of H-pyrrole nitrogens is 1. The zero-order valence-corrected chi connectivity index (χ0v) is 18.3. The van der Waals surface area contributed by atoms with Gasteiger partial charge in [-0.2, -0.15) is 0 Å². The summed E-state index contributed by atoms with van der Waals surface area (Å²) in [6.07, 6.45) is 3.93. The highest BCUT2D eigenvalue weighted by atomic mass is 16.7. The summed E-state index contributed by atoms with van der Waals surface area (Å²) in [5.41, 5.74) is 2.23. The Morgan fingerprint density at radius 3 is 2.62 bits per heavy atom. The van der Waals surface area contributed by atoms with E-state index in [1.54, 1.807) is 11.8 Å². The number of likely N-dealkylation sites (tertiary alicyclic amines) is 1. The largest absolute Gasteiger partial charge is 0.454 e. The lowest BCUT2D eigenvalue weighted by Crippen LogP contribution is -2.45. The van der Waals surface area contributed by atoms with Gasteiger partial charge in [0.25, 0.3) is 0 Å². The number of likely N-dealkylation sites (N-methyl/N-ethyl adjacent to an activating group) is 1. The number of aromatic amines is 1. The molecule has 1 N–H and O–H groups in total. The van der Waals surface area contributed by atoms with Gasteiger partial charge >= 0.3 is 6.09 Å². The number of aromatic nitrogens is 1. The summed E-state index contributed by atoms with van der Waals surface area (Å²) >= 11 is 0. The van der Waals surface area contributed by atoms with Gasteiger partial charge in [-0.1, -0.05) is 6.07 Å². The number of carbonyl (C=O) groups excluding carboxylic acids is 1. The van der Waals surface area contributed by atoms with Crippen molar-refractivity contribution in [2.45, 2.75) is 38.5 Å². The zero-order valence-electron chi connectivity index (χ0n) is 18.3. The lowest BCUT2D eigenvalue weighted by atomic mass is 10.0. The number of fused-ring (bicyclic) bond motifs is 1. The van der Waals surface area contributed by atoms with Crippen LogP contribution in [0.4, 0.5) is 4.79 Å². The summed E-state index contributed by atoms with van der Waals surface area (Å²) in [7, 11) is 8.30. The predicted molar refractivity (Wildman–Crippen MR) is 115 cm³/mol. The standard InChI is InChI=1S/C22H34N4O3/c1-16(29-22(27)26-13-10-18(11-14-26)25(4)5)28-20-8-6-7-19-21(20)17(15-23-19)9-12-24(2)3/h6-8,15-16,18,23H,9-14H2,1-5H3. The van der Waals surface area contributed by atoms with E-state index in [1.165, 1.54) is 5.56 Å². The highest BCUT2D eigenvalue weighted by molar-refractivity contribution is 5.89. The van der Waals surface area contributed by atoms with E-state index in [0.29, 0.717) is 6.04 Å². The monoisotopic (exact) mass is 402 g/mol. The molecule has 0 radical (unpaired) electrons. The molecule has 1 aromatic carbocycles. The van der Waals surface area contributed by atoms with E-state index in [1.807, 2.05) is 24.4 Å². The van der Waals surface area contributed by atoms with Crippen LogP contribution in [-0.4, -0.2) is 85.9 Å². The maximum Gasteiger partial charge on any atom is 0.412 e. The molecule has 1 aromatic heterocycles. The van der Waals surface area contributed by atoms with Crippen molar-refractivity contribution in [3.05, 3.63) is 30.0 Å². The number of amides is 1. The van der Waals surface area contributed by atoms with Crippen LogP contribution >= 0.6 is 0 Å². The van der Waals surface area contributed by atoms with E-state index in [4.69, 9.17) is 9.47 Å². The van der Waals surface area contributed by atoms with Crippen LogP contribution in [-0.2, 0) is 11.2 Å². The minimum atomic E-state index is -0.656. The van der Waals surface area contributed by atoms with Gasteiger partial charge in [0.15, 0.2) is 0 Å². The Labute approximate surface area is 173 Å². The smallest absolute Gasteiger partial charge is 0.412 e. The lowest BCUT2D eigenvalue weighted by molar-refractivity contribution is -0.0362. The first-order chi connectivity index (χ1) is 13.8. The van der Waals surface area contributed by atoms with Gasteiger partial charge in [-0.25, -0.2) is 4.79 Å². The molecule has 0 bridgehead atoms. The van der Waals surface area contributed by atoms with Crippen LogP contribution < -0.4 is 4.74 Å². The molecule has 0 spiro atoms. The van der Waals surface area contributed by atoms with E-state index in [9.17, 15) is 4.79 Å². The highest BCUT2D eigenvalue weighted by Crippen LogP contribution is 2.30. The van der Waals surface area contributed by atoms with Crippen molar-refractivity contribution < 1.29 is 14.3 Å². The number of piperidine rings is 1. The van der Waals surface area contributed by atoms with E-state index in [0.717, 1.165) is 55.5 Å². The highest BCUT2D eigenvalue weighted by Gasteiger charge is 2.26. The summed E-state index contributed by atoms with van der Waals surface area (Å²) in [5, 5.41) is 1.06. The summed E-state index contributed by atoms with van der Waals surface area (Å²) in [4.78, 5) is 22.0. The molecule has 2 aromatic rings. The SMILES string of the molecule is CC(OC(=O)N1CCC(N(C)C)CC1)Oc1cccc2[nH]cc(CCN(C)C)c12. The zero-order chi connectivity index (χ0) is 21.0. The minimum Gasteiger partial charge on any atom is -0.454 e. The average molecular weight is 403 g/mol. The van der Waals surface area contributed by atoms with Gasteiger partial charge in [0.1, 0.15) is 5.75 Å². The van der Waals surface area contributed by atoms with Crippen molar-refractivity contribution in [3.63, 3.8) is 0 Å². The third kappa shape index (κ3) is 5.42. The molecule has 7 heteroatoms. The Balaban J connectivity index is 1.62. The summed E-state index contributed by atoms with van der Waals surface area (Å²) in [5.74, 6) is 0.740. The Bertz CT molecular complexity index is 809. The van der Waals surface area contributed by atoms with Crippen molar-refractivity contribution >= 4 is 17.0 Å². The van der Waals surface area contributed by atoms with Gasteiger partial charge in [-0.05, 0) is 65.1 Å². The molecule has 160 valence electrons. The summed E-state index contributed by atoms with van der Waals surface area (Å²) in [6.45, 7) is 4.16. The van der Waals surface area contributed by atoms with E-state index < -0.39 is 6.29 Å². The third-order valence-electron chi connectivity index (χ3n) is 5.59. The van der Waals surface area contributed by atoms with Crippen LogP contribution in [0.3, 0.4) is 0 Å². The van der Waals surface area contributed by atoms with Crippen molar-refractivity contribution in [2.75, 3.05) is 47.8 Å². The minimum absolute atomic E-state index is 0.302. The van der Waals surface area contributed by atoms with E-state index >= 15 is 0 Å². The topological polar surface area (TPSA) is 61.0 Å². The van der Waals surface area contributed by atoms with Crippen molar-refractivity contribution in [3.8, 4) is 5.75 Å². The number of carbonyl (C=O) groups is 1. The Morgan fingerprint density at radius 2 is 1.97 bits per heavy atom. The number of nitrogens with zero attached hydrogens (tertiary/aromatic N) is 3. The van der Waals surface area contributed by atoms with Gasteiger partial charge in [0.2, 0.25) is 6.29 Å². The fraction of sp³-hybridized carbons (Fsp3) is 0.591. The summed E-state index contributed by atoms with van der Waals surface area (Å²) < 4.78 is 11.6. The number of rotatable bonds is 7. The van der Waals surface area contributed by atoms with Crippen LogP contribution in [0.5, 0.6) is 5.75 Å². The van der Waals surface area contributed by atoms with Crippen molar-refractivity contribution in [1.82, 2.24) is 19.7 Å². The van der Waals surface area contributed by atoms with Crippen LogP contribution in [0.1, 0.15) is 25.3 Å². The molecular weight excluding hydrogens is 368 g/mol. The quantitative estimate of drug-likeness (QED) is 0.721. The Hall–Kier alpha value is -2.25. The maximum absolute atomic E-state index is 12.5. The normalized spacial score (nSPS) is 16.6. The first-order valence-corrected chi connectivity index (χ1v) is 10.4. The number of hydrogen-bond donors (Lipinski definition) is 1. The van der Waals surface area contributed by atoms with Crippen LogP contribution in [0.15, 0.2) is 24.4 Å². The molecule has 1 atom stereocenters. The molecule has 1 aliphatic heterocycles. The molecule has 1 aliphatic rings. The molecule has 7 nitrogen and oxygen atoms in total. The molecule has 1 fully saturated rings. The number of ether oxygens (including phenoxy) is 2. The number of hydrogen-bond acceptors (Lipinski definition) is 5. The first kappa shape index (κ1) is 21.5. The van der Waals surface area contributed by atoms with Gasteiger partial charge in [-0.15, -0.1) is 0 Å². The van der Waals surface area contributed by atoms with Gasteiger partial charge in [-0.3, -0.25) is 0 Å². The number of benzene rings is 1. The second kappa shape index (κ2) is 9.50. The lowest BCUT2D eigenvalue weighted by Gasteiger charge is -2.35. The average Bonchev–Trinajstić information content (AvgIpc) is 3.10. The third-order valence-corrected chi connectivity index (χ3v) is 5.59. The van der Waals surface area contributed by atoms with Gasteiger partial charge in [0, 0.05) is 49.7 Å². The fourth-order valence-electron chi connectivity index (χ4n) is 3.84. The van der Waals surface area contributed by atoms with Crippen molar-refractivity contribution in [2.24, 2.45) is 0 Å². The second-order valence-electron chi connectivity index (χ2n) is 8.30. The van der Waals surface area contributed by atoms with Crippen LogP contribution in [0.25, 0.3) is 10.9 Å². The van der Waals surface area contributed by atoms with Gasteiger partial charge < -0.3 is 29.2 Å². The van der Waals surface area contributed by atoms with E-state index in [2.05, 4.69) is 43.0 Å². The molecule has 1 unspecified atom stereocenters. The van der Waals surface area contributed by atoms with E-state index in [-0.39, 0.29) is 6.09 Å². The van der Waals surface area contributed by atoms with Gasteiger partial charge in [0.05, 0.1) is 0 Å². The van der Waals surface area contributed by atoms with Crippen LogP contribution in [0.2, 0.25) is 0 Å². The molecule has 29 heavy (non-hydrogen) atoms. The second-order valence-corrected chi connectivity index (χ2v) is 8.30. The molecular formula is C22H34N4O3. The molecule has 3 rings (SSSR count). The molecule has 1 amide bonds. The Kier molecular flexibility index (Phi) is 7.03. The fourth-order valence-corrected chi connectivity index (χ4v) is 3.84. The molecule has 0 saturated carbocycles. The Morgan fingerprint density at radius 1 is 1.24 bits per heavy atom. The molecule has 0 aliphatic carbocycles. The predicted octanol–water partition coefficient (Wildman–Crippen LogP) is 3.16. The molecule has 2 heterocycles. The summed E-state index contributed by atoms with van der Waals surface area (Å²) in [6, 6.07) is 6.44. The molecule has 1 saturated heterocycles. The van der Waals surface area contributed by atoms with Crippen LogP contribution in [0, 0.1) is 0 Å². The number of nitrogens with one attached hydrogen (secondary N) is 1.